The zero-order valence-electron chi connectivity index (χ0n) is 10.8. The minimum atomic E-state index is 0.155. The summed E-state index contributed by atoms with van der Waals surface area (Å²) in [5.41, 5.74) is 2.21. The summed E-state index contributed by atoms with van der Waals surface area (Å²) in [6.07, 6.45) is 4.76. The number of para-hydroxylation sites is 1. The van der Waals surface area contributed by atoms with Crippen molar-refractivity contribution in [2.24, 2.45) is 0 Å². The molecule has 2 aromatic carbocycles. The maximum Gasteiger partial charge on any atom is 0.126 e. The molecule has 0 saturated carbocycles. The van der Waals surface area contributed by atoms with Crippen molar-refractivity contribution in [1.29, 1.82) is 0 Å². The number of aliphatic hydroxyl groups excluding tert-OH is 1. The van der Waals surface area contributed by atoms with E-state index in [-0.39, 0.29) is 6.61 Å². The second-order valence-corrected chi connectivity index (χ2v) is 4.21. The summed E-state index contributed by atoms with van der Waals surface area (Å²) >= 11 is 0. The highest BCUT2D eigenvalue weighted by Gasteiger charge is 1.99. The molecule has 2 aromatic rings. The Morgan fingerprint density at radius 3 is 2.42 bits per heavy atom. The van der Waals surface area contributed by atoms with Gasteiger partial charge in [-0.1, -0.05) is 60.7 Å². The summed E-state index contributed by atoms with van der Waals surface area (Å²) in [6, 6.07) is 18.1. The van der Waals surface area contributed by atoms with Crippen molar-refractivity contribution in [3.63, 3.8) is 0 Å². The minimum absolute atomic E-state index is 0.155. The van der Waals surface area contributed by atoms with E-state index >= 15 is 0 Å². The number of ether oxygens (including phenoxy) is 1. The Morgan fingerprint density at radius 2 is 1.63 bits per heavy atom. The summed E-state index contributed by atoms with van der Waals surface area (Å²) in [5.74, 6) is 0.850. The van der Waals surface area contributed by atoms with Gasteiger partial charge >= 0.3 is 0 Å². The van der Waals surface area contributed by atoms with Crippen molar-refractivity contribution >= 4 is 12.2 Å². The molecule has 2 heteroatoms. The molecule has 0 unspecified atom stereocenters. The van der Waals surface area contributed by atoms with Gasteiger partial charge in [-0.15, -0.1) is 0 Å². The second-order valence-electron chi connectivity index (χ2n) is 4.21. The Labute approximate surface area is 114 Å². The molecule has 0 spiro atoms. The summed E-state index contributed by atoms with van der Waals surface area (Å²) in [5, 5.41) is 8.77. The molecule has 2 nitrogen and oxygen atoms in total. The molecule has 0 saturated heterocycles. The lowest BCUT2D eigenvalue weighted by Gasteiger charge is -2.08. The molecule has 98 valence electrons. The van der Waals surface area contributed by atoms with Crippen molar-refractivity contribution in [2.75, 3.05) is 13.2 Å². The van der Waals surface area contributed by atoms with Gasteiger partial charge in [0, 0.05) is 18.6 Å². The fraction of sp³-hybridized carbons (Fsp3) is 0.176. The molecule has 0 aliphatic heterocycles. The third kappa shape index (κ3) is 4.27. The van der Waals surface area contributed by atoms with Crippen molar-refractivity contribution in [3.05, 3.63) is 65.7 Å². The van der Waals surface area contributed by atoms with Crippen molar-refractivity contribution < 1.29 is 9.84 Å². The van der Waals surface area contributed by atoms with E-state index in [0.717, 1.165) is 16.9 Å². The van der Waals surface area contributed by atoms with E-state index in [0.29, 0.717) is 13.0 Å². The van der Waals surface area contributed by atoms with Crippen LogP contribution in [-0.4, -0.2) is 18.3 Å². The van der Waals surface area contributed by atoms with E-state index < -0.39 is 0 Å². The molecule has 0 amide bonds. The molecule has 0 aliphatic carbocycles. The molecule has 0 atom stereocenters. The average Bonchev–Trinajstić information content (AvgIpc) is 2.48. The predicted octanol–water partition coefficient (Wildman–Crippen LogP) is 3.62. The molecule has 0 aromatic heterocycles. The molecule has 0 fully saturated rings. The topological polar surface area (TPSA) is 29.5 Å². The second kappa shape index (κ2) is 7.39. The van der Waals surface area contributed by atoms with Gasteiger partial charge in [0.2, 0.25) is 0 Å². The quantitative estimate of drug-likeness (QED) is 0.630. The van der Waals surface area contributed by atoms with E-state index in [2.05, 4.69) is 18.2 Å². The van der Waals surface area contributed by atoms with Gasteiger partial charge < -0.3 is 9.84 Å². The lowest BCUT2D eigenvalue weighted by molar-refractivity contribution is 0.233. The van der Waals surface area contributed by atoms with Crippen LogP contribution in [0.25, 0.3) is 12.2 Å². The van der Waals surface area contributed by atoms with Gasteiger partial charge in [0.1, 0.15) is 5.75 Å². The van der Waals surface area contributed by atoms with Crippen molar-refractivity contribution in [3.8, 4) is 5.75 Å². The Balaban J connectivity index is 2.09. The highest BCUT2D eigenvalue weighted by Crippen LogP contribution is 2.20. The highest BCUT2D eigenvalue weighted by atomic mass is 16.5. The van der Waals surface area contributed by atoms with Gasteiger partial charge in [0.15, 0.2) is 0 Å². The number of benzene rings is 2. The first kappa shape index (κ1) is 13.4. The zero-order valence-corrected chi connectivity index (χ0v) is 10.8. The third-order valence-electron chi connectivity index (χ3n) is 2.73. The predicted molar refractivity (Wildman–Crippen MR) is 79.0 cm³/mol. The van der Waals surface area contributed by atoms with Crippen LogP contribution in [0.15, 0.2) is 54.6 Å². The molecule has 0 bridgehead atoms. The number of hydrogen-bond acceptors (Lipinski definition) is 2. The van der Waals surface area contributed by atoms with Crippen LogP contribution in [0.4, 0.5) is 0 Å². The number of rotatable bonds is 6. The molecular formula is C17H18O2. The molecule has 1 N–H and O–H groups in total. The molecule has 0 aliphatic rings. The largest absolute Gasteiger partial charge is 0.493 e. The van der Waals surface area contributed by atoms with E-state index in [9.17, 15) is 0 Å². The van der Waals surface area contributed by atoms with Gasteiger partial charge in [0.25, 0.3) is 0 Å². The summed E-state index contributed by atoms with van der Waals surface area (Å²) in [7, 11) is 0. The normalized spacial score (nSPS) is 10.8. The van der Waals surface area contributed by atoms with Crippen LogP contribution in [-0.2, 0) is 0 Å². The fourth-order valence-electron chi connectivity index (χ4n) is 1.75. The molecule has 19 heavy (non-hydrogen) atoms. The summed E-state index contributed by atoms with van der Waals surface area (Å²) in [6.45, 7) is 0.689. The summed E-state index contributed by atoms with van der Waals surface area (Å²) < 4.78 is 5.65. The lowest BCUT2D eigenvalue weighted by atomic mass is 10.1. The lowest BCUT2D eigenvalue weighted by Crippen LogP contribution is -2.00. The maximum absolute atomic E-state index is 8.77. The number of aliphatic hydroxyl groups is 1. The van der Waals surface area contributed by atoms with Crippen molar-refractivity contribution in [2.45, 2.75) is 6.42 Å². The smallest absolute Gasteiger partial charge is 0.126 e. The Hall–Kier alpha value is -2.06. The maximum atomic E-state index is 8.77. The first-order valence-electron chi connectivity index (χ1n) is 6.46. The number of hydrogen-bond donors (Lipinski definition) is 1. The first-order valence-corrected chi connectivity index (χ1v) is 6.46. The van der Waals surface area contributed by atoms with Crippen LogP contribution < -0.4 is 4.74 Å². The standard InChI is InChI=1S/C17H18O2/c18-13-6-14-19-17-10-5-4-9-16(17)12-11-15-7-2-1-3-8-15/h1-5,7-12,18H,6,13-14H2/b12-11+. The van der Waals surface area contributed by atoms with Crippen LogP contribution >= 0.6 is 0 Å². The van der Waals surface area contributed by atoms with Crippen LogP contribution in [0, 0.1) is 0 Å². The van der Waals surface area contributed by atoms with Gasteiger partial charge in [-0.05, 0) is 11.6 Å². The molecule has 0 radical (unpaired) electrons. The Morgan fingerprint density at radius 1 is 0.895 bits per heavy atom. The highest BCUT2D eigenvalue weighted by molar-refractivity contribution is 5.72. The average molecular weight is 254 g/mol. The van der Waals surface area contributed by atoms with E-state index in [1.165, 1.54) is 0 Å². The first-order chi connectivity index (χ1) is 9.40. The van der Waals surface area contributed by atoms with Gasteiger partial charge in [-0.25, -0.2) is 0 Å². The molecule has 0 heterocycles. The van der Waals surface area contributed by atoms with Crippen LogP contribution in [0.1, 0.15) is 17.5 Å². The third-order valence-corrected chi connectivity index (χ3v) is 2.73. The van der Waals surface area contributed by atoms with Crippen LogP contribution in [0.2, 0.25) is 0 Å². The minimum Gasteiger partial charge on any atom is -0.493 e. The Bertz CT molecular complexity index is 518. The van der Waals surface area contributed by atoms with Gasteiger partial charge in [-0.3, -0.25) is 0 Å². The monoisotopic (exact) mass is 254 g/mol. The summed E-state index contributed by atoms with van der Waals surface area (Å²) in [4.78, 5) is 0. The molecular weight excluding hydrogens is 236 g/mol. The van der Waals surface area contributed by atoms with Gasteiger partial charge in [0.05, 0.1) is 6.61 Å². The van der Waals surface area contributed by atoms with Gasteiger partial charge in [-0.2, -0.15) is 0 Å². The Kier molecular flexibility index (Phi) is 5.20. The zero-order chi connectivity index (χ0) is 13.3. The fourth-order valence-corrected chi connectivity index (χ4v) is 1.75. The van der Waals surface area contributed by atoms with Crippen molar-refractivity contribution in [1.82, 2.24) is 0 Å². The van der Waals surface area contributed by atoms with Crippen LogP contribution in [0.5, 0.6) is 5.75 Å². The van der Waals surface area contributed by atoms with E-state index in [1.54, 1.807) is 0 Å². The van der Waals surface area contributed by atoms with Crippen LogP contribution in [0.3, 0.4) is 0 Å². The van der Waals surface area contributed by atoms with E-state index in [1.807, 2.05) is 48.5 Å². The molecule has 2 rings (SSSR count). The SMILES string of the molecule is OCCCOc1ccccc1/C=C/c1ccccc1. The van der Waals surface area contributed by atoms with E-state index in [4.69, 9.17) is 9.84 Å².